The van der Waals surface area contributed by atoms with Crippen LogP contribution < -0.4 is 10.1 Å². The minimum Gasteiger partial charge on any atom is -0.487 e. The van der Waals surface area contributed by atoms with Crippen LogP contribution >= 0.6 is 0 Å². The van der Waals surface area contributed by atoms with E-state index in [9.17, 15) is 15.2 Å². The lowest BCUT2D eigenvalue weighted by Crippen LogP contribution is -2.29. The number of nitro benzene ring substituents is 1. The predicted molar refractivity (Wildman–Crippen MR) is 73.6 cm³/mol. The van der Waals surface area contributed by atoms with Crippen LogP contribution in [0.1, 0.15) is 20.8 Å². The standard InChI is InChI=1S/C13H20N2O4/c1-4-19-13-7-10(5-6-12(13)15(17)18)14-11(8-16)9(2)3/h5-7,9,11,14,16H,4,8H2,1-3H3. The summed E-state index contributed by atoms with van der Waals surface area (Å²) in [6.07, 6.45) is 0. The average molecular weight is 268 g/mol. The van der Waals surface area contributed by atoms with Gasteiger partial charge in [-0.1, -0.05) is 13.8 Å². The topological polar surface area (TPSA) is 84.6 Å². The minimum absolute atomic E-state index is 0.00137. The summed E-state index contributed by atoms with van der Waals surface area (Å²) >= 11 is 0. The van der Waals surface area contributed by atoms with Crippen molar-refractivity contribution >= 4 is 11.4 Å². The van der Waals surface area contributed by atoms with E-state index in [0.29, 0.717) is 12.3 Å². The summed E-state index contributed by atoms with van der Waals surface area (Å²) < 4.78 is 5.27. The molecule has 2 N–H and O–H groups in total. The van der Waals surface area contributed by atoms with Crippen molar-refractivity contribution in [3.8, 4) is 5.75 Å². The first-order valence-corrected chi connectivity index (χ1v) is 6.28. The zero-order chi connectivity index (χ0) is 14.4. The maximum Gasteiger partial charge on any atom is 0.311 e. The van der Waals surface area contributed by atoms with Crippen molar-refractivity contribution < 1.29 is 14.8 Å². The molecule has 1 rings (SSSR count). The third-order valence-corrected chi connectivity index (χ3v) is 2.81. The van der Waals surface area contributed by atoms with Gasteiger partial charge in [-0.05, 0) is 18.9 Å². The number of nitrogens with zero attached hydrogens (tertiary/aromatic N) is 1. The number of benzene rings is 1. The van der Waals surface area contributed by atoms with Gasteiger partial charge in [-0.25, -0.2) is 0 Å². The fourth-order valence-electron chi connectivity index (χ4n) is 1.66. The van der Waals surface area contributed by atoms with Crippen LogP contribution in [0.5, 0.6) is 5.75 Å². The fraction of sp³-hybridized carbons (Fsp3) is 0.538. The molecule has 0 heterocycles. The van der Waals surface area contributed by atoms with Gasteiger partial charge < -0.3 is 15.2 Å². The second-order valence-corrected chi connectivity index (χ2v) is 4.55. The third-order valence-electron chi connectivity index (χ3n) is 2.81. The van der Waals surface area contributed by atoms with Gasteiger partial charge in [-0.15, -0.1) is 0 Å². The molecule has 0 amide bonds. The Morgan fingerprint density at radius 1 is 1.47 bits per heavy atom. The van der Waals surface area contributed by atoms with E-state index in [2.05, 4.69) is 5.32 Å². The molecule has 0 saturated carbocycles. The van der Waals surface area contributed by atoms with Gasteiger partial charge in [0.15, 0.2) is 5.75 Å². The van der Waals surface area contributed by atoms with E-state index in [-0.39, 0.29) is 30.0 Å². The molecule has 19 heavy (non-hydrogen) atoms. The van der Waals surface area contributed by atoms with E-state index in [1.165, 1.54) is 6.07 Å². The highest BCUT2D eigenvalue weighted by molar-refractivity contribution is 5.58. The van der Waals surface area contributed by atoms with Crippen molar-refractivity contribution in [3.05, 3.63) is 28.3 Å². The SMILES string of the molecule is CCOc1cc(NC(CO)C(C)C)ccc1[N+](=O)[O-]. The van der Waals surface area contributed by atoms with Gasteiger partial charge in [-0.2, -0.15) is 0 Å². The van der Waals surface area contributed by atoms with Crippen molar-refractivity contribution in [1.29, 1.82) is 0 Å². The molecule has 106 valence electrons. The largest absolute Gasteiger partial charge is 0.487 e. The van der Waals surface area contributed by atoms with Crippen LogP contribution in [-0.2, 0) is 0 Å². The van der Waals surface area contributed by atoms with Crippen molar-refractivity contribution in [3.63, 3.8) is 0 Å². The normalized spacial score (nSPS) is 12.3. The van der Waals surface area contributed by atoms with Gasteiger partial charge in [0, 0.05) is 17.8 Å². The molecule has 0 aliphatic rings. The monoisotopic (exact) mass is 268 g/mol. The smallest absolute Gasteiger partial charge is 0.311 e. The van der Waals surface area contributed by atoms with Crippen LogP contribution in [-0.4, -0.2) is 29.3 Å². The van der Waals surface area contributed by atoms with Gasteiger partial charge in [-0.3, -0.25) is 10.1 Å². The van der Waals surface area contributed by atoms with E-state index in [0.717, 1.165) is 0 Å². The van der Waals surface area contributed by atoms with Crippen molar-refractivity contribution in [2.75, 3.05) is 18.5 Å². The zero-order valence-corrected chi connectivity index (χ0v) is 11.4. The lowest BCUT2D eigenvalue weighted by Gasteiger charge is -2.21. The second-order valence-electron chi connectivity index (χ2n) is 4.55. The summed E-state index contributed by atoms with van der Waals surface area (Å²) in [6, 6.07) is 4.51. The number of aliphatic hydroxyl groups excluding tert-OH is 1. The Kier molecular flexibility index (Phi) is 5.57. The molecule has 1 aromatic carbocycles. The summed E-state index contributed by atoms with van der Waals surface area (Å²) in [5.41, 5.74) is 0.638. The Hall–Kier alpha value is -1.82. The first-order valence-electron chi connectivity index (χ1n) is 6.28. The first kappa shape index (κ1) is 15.2. The van der Waals surface area contributed by atoms with Gasteiger partial charge in [0.1, 0.15) is 0 Å². The van der Waals surface area contributed by atoms with Crippen molar-refractivity contribution in [2.45, 2.75) is 26.8 Å². The Balaban J connectivity index is 2.97. The predicted octanol–water partition coefficient (Wildman–Crippen LogP) is 2.42. The highest BCUT2D eigenvalue weighted by atomic mass is 16.6. The molecular weight excluding hydrogens is 248 g/mol. The first-order chi connectivity index (χ1) is 8.99. The summed E-state index contributed by atoms with van der Waals surface area (Å²) in [6.45, 7) is 6.11. The van der Waals surface area contributed by atoms with Crippen molar-refractivity contribution in [1.82, 2.24) is 0 Å². The number of hydrogen-bond acceptors (Lipinski definition) is 5. The van der Waals surface area contributed by atoms with E-state index in [1.807, 2.05) is 13.8 Å². The molecule has 0 bridgehead atoms. The maximum absolute atomic E-state index is 10.9. The highest BCUT2D eigenvalue weighted by Gasteiger charge is 2.17. The molecule has 1 aromatic rings. The molecule has 6 heteroatoms. The van der Waals surface area contributed by atoms with Crippen LogP contribution in [0.15, 0.2) is 18.2 Å². The van der Waals surface area contributed by atoms with Gasteiger partial charge >= 0.3 is 5.69 Å². The van der Waals surface area contributed by atoms with Crippen LogP contribution in [0.2, 0.25) is 0 Å². The summed E-state index contributed by atoms with van der Waals surface area (Å²) in [5.74, 6) is 0.480. The molecule has 1 atom stereocenters. The van der Waals surface area contributed by atoms with Crippen LogP contribution in [0, 0.1) is 16.0 Å². The van der Waals surface area contributed by atoms with Crippen LogP contribution in [0.4, 0.5) is 11.4 Å². The molecular formula is C13H20N2O4. The summed E-state index contributed by atoms with van der Waals surface area (Å²) in [4.78, 5) is 10.4. The minimum atomic E-state index is -0.471. The van der Waals surface area contributed by atoms with Gasteiger partial charge in [0.2, 0.25) is 0 Å². The van der Waals surface area contributed by atoms with E-state index in [1.54, 1.807) is 19.1 Å². The number of rotatable bonds is 7. The Morgan fingerprint density at radius 2 is 2.16 bits per heavy atom. The number of hydrogen-bond donors (Lipinski definition) is 2. The fourth-order valence-corrected chi connectivity index (χ4v) is 1.66. The lowest BCUT2D eigenvalue weighted by molar-refractivity contribution is -0.385. The molecule has 6 nitrogen and oxygen atoms in total. The Morgan fingerprint density at radius 3 is 2.63 bits per heavy atom. The van der Waals surface area contributed by atoms with Crippen LogP contribution in [0.3, 0.4) is 0 Å². The molecule has 0 aliphatic heterocycles. The number of ether oxygens (including phenoxy) is 1. The second kappa shape index (κ2) is 6.94. The summed E-state index contributed by atoms with van der Waals surface area (Å²) in [5, 5.41) is 23.3. The number of nitrogens with one attached hydrogen (secondary N) is 1. The molecule has 0 aromatic heterocycles. The third kappa shape index (κ3) is 4.10. The quantitative estimate of drug-likeness (QED) is 0.586. The van der Waals surface area contributed by atoms with E-state index >= 15 is 0 Å². The average Bonchev–Trinajstić information content (AvgIpc) is 2.35. The molecule has 0 aliphatic carbocycles. The number of aliphatic hydroxyl groups is 1. The molecule has 1 unspecified atom stereocenters. The Bertz CT molecular complexity index is 435. The van der Waals surface area contributed by atoms with E-state index in [4.69, 9.17) is 4.74 Å². The van der Waals surface area contributed by atoms with E-state index < -0.39 is 4.92 Å². The molecule has 0 fully saturated rings. The zero-order valence-electron chi connectivity index (χ0n) is 11.4. The maximum atomic E-state index is 10.9. The molecule has 0 radical (unpaired) electrons. The Labute approximate surface area is 112 Å². The number of nitro groups is 1. The summed E-state index contributed by atoms with van der Waals surface area (Å²) in [7, 11) is 0. The van der Waals surface area contributed by atoms with Gasteiger partial charge in [0.25, 0.3) is 0 Å². The molecule has 0 spiro atoms. The van der Waals surface area contributed by atoms with Crippen molar-refractivity contribution in [2.24, 2.45) is 5.92 Å². The van der Waals surface area contributed by atoms with Gasteiger partial charge in [0.05, 0.1) is 24.2 Å². The van der Waals surface area contributed by atoms with Crippen LogP contribution in [0.25, 0.3) is 0 Å². The molecule has 0 saturated heterocycles. The lowest BCUT2D eigenvalue weighted by atomic mass is 10.1. The number of anilines is 1. The highest BCUT2D eigenvalue weighted by Crippen LogP contribution is 2.30.